The van der Waals surface area contributed by atoms with Gasteiger partial charge in [0.1, 0.15) is 0 Å². The molecular formula is C16H21FN2O2. The van der Waals surface area contributed by atoms with Crippen LogP contribution in [-0.4, -0.2) is 53.5 Å². The van der Waals surface area contributed by atoms with Crippen LogP contribution in [0.1, 0.15) is 29.6 Å². The van der Waals surface area contributed by atoms with E-state index in [0.717, 1.165) is 32.0 Å². The van der Waals surface area contributed by atoms with Gasteiger partial charge in [-0.05, 0) is 44.0 Å². The van der Waals surface area contributed by atoms with Crippen molar-refractivity contribution >= 4 is 5.91 Å². The zero-order chi connectivity index (χ0) is 15.0. The fourth-order valence-electron chi connectivity index (χ4n) is 3.52. The van der Waals surface area contributed by atoms with Gasteiger partial charge in [0.05, 0.1) is 0 Å². The fourth-order valence-corrected chi connectivity index (χ4v) is 3.52. The molecule has 0 aromatic heterocycles. The Morgan fingerprint density at radius 2 is 2.10 bits per heavy atom. The van der Waals surface area contributed by atoms with E-state index < -0.39 is 11.6 Å². The maximum Gasteiger partial charge on any atom is 0.254 e. The summed E-state index contributed by atoms with van der Waals surface area (Å²) in [7, 11) is 2.12. The Morgan fingerprint density at radius 1 is 1.29 bits per heavy atom. The number of hydrogen-bond acceptors (Lipinski definition) is 3. The first kappa shape index (κ1) is 14.3. The van der Waals surface area contributed by atoms with Crippen LogP contribution < -0.4 is 0 Å². The van der Waals surface area contributed by atoms with Gasteiger partial charge in [0.25, 0.3) is 5.91 Å². The van der Waals surface area contributed by atoms with E-state index in [0.29, 0.717) is 24.1 Å². The number of likely N-dealkylation sites (tertiary alicyclic amines) is 1. The summed E-state index contributed by atoms with van der Waals surface area (Å²) in [4.78, 5) is 16.8. The van der Waals surface area contributed by atoms with Crippen LogP contribution >= 0.6 is 0 Å². The highest BCUT2D eigenvalue weighted by Gasteiger charge is 2.33. The van der Waals surface area contributed by atoms with Gasteiger partial charge in [-0.3, -0.25) is 4.79 Å². The third-order valence-corrected chi connectivity index (χ3v) is 4.71. The van der Waals surface area contributed by atoms with E-state index in [9.17, 15) is 14.3 Å². The van der Waals surface area contributed by atoms with Crippen LogP contribution in [0.15, 0.2) is 18.2 Å². The maximum atomic E-state index is 13.5. The number of nitrogens with zero attached hydrogens (tertiary/aromatic N) is 2. The second-order valence-corrected chi connectivity index (χ2v) is 6.27. The van der Waals surface area contributed by atoms with Gasteiger partial charge >= 0.3 is 0 Å². The minimum atomic E-state index is -0.743. The molecule has 0 spiro atoms. The lowest BCUT2D eigenvalue weighted by Crippen LogP contribution is -2.42. The van der Waals surface area contributed by atoms with Crippen molar-refractivity contribution in [1.29, 1.82) is 0 Å². The number of aromatic hydroxyl groups is 1. The number of carbonyl (C=O) groups is 1. The van der Waals surface area contributed by atoms with Crippen LogP contribution in [0.2, 0.25) is 0 Å². The average Bonchev–Trinajstić information content (AvgIpc) is 2.69. The van der Waals surface area contributed by atoms with Crippen LogP contribution in [0.3, 0.4) is 0 Å². The van der Waals surface area contributed by atoms with Gasteiger partial charge in [0, 0.05) is 31.2 Å². The molecule has 1 N–H and O–H groups in total. The number of rotatable bonds is 1. The van der Waals surface area contributed by atoms with Gasteiger partial charge in [0.2, 0.25) is 0 Å². The molecule has 2 atom stereocenters. The second kappa shape index (κ2) is 5.64. The van der Waals surface area contributed by atoms with Crippen molar-refractivity contribution < 1.29 is 14.3 Å². The van der Waals surface area contributed by atoms with Crippen molar-refractivity contribution in [1.82, 2.24) is 9.80 Å². The molecule has 4 nitrogen and oxygen atoms in total. The molecule has 1 aromatic rings. The molecular weight excluding hydrogens is 271 g/mol. The topological polar surface area (TPSA) is 43.8 Å². The molecule has 2 heterocycles. The molecule has 2 saturated heterocycles. The number of hydrogen-bond donors (Lipinski definition) is 1. The summed E-state index contributed by atoms with van der Waals surface area (Å²) in [5.74, 6) is -0.804. The Hall–Kier alpha value is -1.62. The monoisotopic (exact) mass is 292 g/mol. The zero-order valence-electron chi connectivity index (χ0n) is 12.3. The Balaban J connectivity index is 1.82. The predicted molar refractivity (Wildman–Crippen MR) is 77.7 cm³/mol. The van der Waals surface area contributed by atoms with Crippen molar-refractivity contribution in [3.63, 3.8) is 0 Å². The van der Waals surface area contributed by atoms with Crippen LogP contribution in [0.25, 0.3) is 0 Å². The Labute approximate surface area is 124 Å². The van der Waals surface area contributed by atoms with Gasteiger partial charge in [-0.2, -0.15) is 0 Å². The number of fused-ring (bicyclic) bond motifs is 3. The first-order valence-corrected chi connectivity index (χ1v) is 7.52. The van der Waals surface area contributed by atoms with Crippen LogP contribution in [0.4, 0.5) is 4.39 Å². The van der Waals surface area contributed by atoms with Gasteiger partial charge < -0.3 is 14.9 Å². The lowest BCUT2D eigenvalue weighted by molar-refractivity contribution is 0.0710. The fraction of sp³-hybridized carbons (Fsp3) is 0.562. The number of amides is 1. The number of halogens is 1. The van der Waals surface area contributed by atoms with Crippen LogP contribution in [0, 0.1) is 11.7 Å². The quantitative estimate of drug-likeness (QED) is 0.862. The van der Waals surface area contributed by atoms with Crippen LogP contribution in [-0.2, 0) is 0 Å². The summed E-state index contributed by atoms with van der Waals surface area (Å²) in [5, 5.41) is 9.24. The summed E-state index contributed by atoms with van der Waals surface area (Å²) in [6.45, 7) is 2.47. The largest absolute Gasteiger partial charge is 0.505 e. The lowest BCUT2D eigenvalue weighted by atomic mass is 9.99. The number of benzene rings is 1. The van der Waals surface area contributed by atoms with Crippen molar-refractivity contribution in [2.24, 2.45) is 5.92 Å². The third kappa shape index (κ3) is 2.88. The molecule has 2 aliphatic rings. The van der Waals surface area contributed by atoms with Crippen molar-refractivity contribution in [2.45, 2.75) is 25.3 Å². The van der Waals surface area contributed by atoms with Crippen LogP contribution in [0.5, 0.6) is 5.75 Å². The first-order chi connectivity index (χ1) is 10.0. The van der Waals surface area contributed by atoms with E-state index in [2.05, 4.69) is 11.9 Å². The molecule has 5 heteroatoms. The molecule has 2 bridgehead atoms. The number of carbonyl (C=O) groups excluding carboxylic acids is 1. The second-order valence-electron chi connectivity index (χ2n) is 6.27. The predicted octanol–water partition coefficient (Wildman–Crippen LogP) is 2.09. The van der Waals surface area contributed by atoms with E-state index in [1.807, 2.05) is 4.90 Å². The molecule has 3 rings (SSSR count). The summed E-state index contributed by atoms with van der Waals surface area (Å²) >= 11 is 0. The molecule has 114 valence electrons. The minimum Gasteiger partial charge on any atom is -0.505 e. The SMILES string of the molecule is CN1C[C@@H]2CCC[C@H]1CN(C(=O)c1ccc(O)c(F)c1)C2. The number of phenolic OH excluding ortho intramolecular Hbond substituents is 1. The Morgan fingerprint density at radius 3 is 2.86 bits per heavy atom. The van der Waals surface area contributed by atoms with Crippen molar-refractivity contribution in [3.8, 4) is 5.75 Å². The highest BCUT2D eigenvalue weighted by Crippen LogP contribution is 2.27. The summed E-state index contributed by atoms with van der Waals surface area (Å²) in [6, 6.07) is 4.25. The van der Waals surface area contributed by atoms with E-state index in [-0.39, 0.29) is 5.91 Å². The summed E-state index contributed by atoms with van der Waals surface area (Å²) in [5.41, 5.74) is 0.313. The van der Waals surface area contributed by atoms with Gasteiger partial charge in [-0.1, -0.05) is 6.42 Å². The molecule has 2 fully saturated rings. The Kier molecular flexibility index (Phi) is 3.85. The molecule has 0 unspecified atom stereocenters. The molecule has 21 heavy (non-hydrogen) atoms. The minimum absolute atomic E-state index is 0.138. The van der Waals surface area contributed by atoms with E-state index >= 15 is 0 Å². The highest BCUT2D eigenvalue weighted by molar-refractivity contribution is 5.94. The Bertz CT molecular complexity index is 549. The van der Waals surface area contributed by atoms with Gasteiger partial charge in [0.15, 0.2) is 11.6 Å². The molecule has 0 saturated carbocycles. The van der Waals surface area contributed by atoms with Gasteiger partial charge in [-0.15, -0.1) is 0 Å². The standard InChI is InChI=1S/C16H21FN2O2/c1-18-8-11-3-2-4-13(18)10-19(9-11)16(21)12-5-6-15(20)14(17)7-12/h5-7,11,13,20H,2-4,8-10H2,1H3/t11-,13-/m0/s1. The molecule has 1 amide bonds. The van der Waals surface area contributed by atoms with Gasteiger partial charge in [-0.25, -0.2) is 4.39 Å². The molecule has 0 radical (unpaired) electrons. The summed E-state index contributed by atoms with van der Waals surface area (Å²) in [6.07, 6.45) is 3.48. The van der Waals surface area contributed by atoms with E-state index in [4.69, 9.17) is 0 Å². The highest BCUT2D eigenvalue weighted by atomic mass is 19.1. The molecule has 1 aromatic carbocycles. The van der Waals surface area contributed by atoms with Crippen molar-refractivity contribution in [3.05, 3.63) is 29.6 Å². The average molecular weight is 292 g/mol. The first-order valence-electron chi connectivity index (χ1n) is 7.52. The van der Waals surface area contributed by atoms with Crippen molar-refractivity contribution in [2.75, 3.05) is 26.7 Å². The zero-order valence-corrected chi connectivity index (χ0v) is 12.3. The maximum absolute atomic E-state index is 13.5. The number of likely N-dealkylation sites (N-methyl/N-ethyl adjacent to an activating group) is 1. The lowest BCUT2D eigenvalue weighted by Gasteiger charge is -2.30. The normalized spacial score (nSPS) is 26.5. The number of phenols is 1. The van der Waals surface area contributed by atoms with E-state index in [1.54, 1.807) is 0 Å². The van der Waals surface area contributed by atoms with E-state index in [1.165, 1.54) is 18.6 Å². The summed E-state index contributed by atoms with van der Waals surface area (Å²) < 4.78 is 13.5. The third-order valence-electron chi connectivity index (χ3n) is 4.71. The molecule has 2 aliphatic heterocycles. The smallest absolute Gasteiger partial charge is 0.254 e. The molecule has 0 aliphatic carbocycles.